The SMILES string of the molecule is COc1ccc(N(C)c2nc(NCc3ccccc3)c3ccccc3n2)cc1. The molecule has 1 heterocycles. The molecular weight excluding hydrogens is 348 g/mol. The first-order valence-electron chi connectivity index (χ1n) is 9.17. The summed E-state index contributed by atoms with van der Waals surface area (Å²) < 4.78 is 5.25. The maximum absolute atomic E-state index is 5.25. The Labute approximate surface area is 164 Å². The zero-order valence-corrected chi connectivity index (χ0v) is 16.0. The van der Waals surface area contributed by atoms with Gasteiger partial charge in [-0.2, -0.15) is 4.98 Å². The van der Waals surface area contributed by atoms with Gasteiger partial charge in [0.05, 0.1) is 12.6 Å². The summed E-state index contributed by atoms with van der Waals surface area (Å²) in [4.78, 5) is 11.5. The van der Waals surface area contributed by atoms with Crippen molar-refractivity contribution in [3.8, 4) is 5.75 Å². The summed E-state index contributed by atoms with van der Waals surface area (Å²) in [5.74, 6) is 2.28. The minimum absolute atomic E-state index is 0.638. The third kappa shape index (κ3) is 3.74. The molecule has 0 atom stereocenters. The lowest BCUT2D eigenvalue weighted by Gasteiger charge is -2.19. The second-order valence-corrected chi connectivity index (χ2v) is 6.49. The van der Waals surface area contributed by atoms with Crippen LogP contribution in [0, 0.1) is 0 Å². The molecule has 0 amide bonds. The van der Waals surface area contributed by atoms with Gasteiger partial charge in [0.2, 0.25) is 5.95 Å². The number of aromatic nitrogens is 2. The van der Waals surface area contributed by atoms with E-state index in [0.717, 1.165) is 28.2 Å². The first-order chi connectivity index (χ1) is 13.7. The molecule has 0 radical (unpaired) electrons. The highest BCUT2D eigenvalue weighted by Crippen LogP contribution is 2.28. The predicted molar refractivity (Wildman–Crippen MR) is 114 cm³/mol. The fourth-order valence-electron chi connectivity index (χ4n) is 3.05. The Morgan fingerprint density at radius 1 is 0.857 bits per heavy atom. The third-order valence-electron chi connectivity index (χ3n) is 4.65. The van der Waals surface area contributed by atoms with Gasteiger partial charge in [-0.15, -0.1) is 0 Å². The Kier molecular flexibility index (Phi) is 5.06. The Morgan fingerprint density at radius 2 is 1.57 bits per heavy atom. The molecule has 4 aromatic rings. The largest absolute Gasteiger partial charge is 0.497 e. The smallest absolute Gasteiger partial charge is 0.232 e. The van der Waals surface area contributed by atoms with E-state index in [2.05, 4.69) is 17.4 Å². The van der Waals surface area contributed by atoms with E-state index in [1.807, 2.05) is 78.7 Å². The van der Waals surface area contributed by atoms with E-state index in [1.165, 1.54) is 5.56 Å². The molecule has 0 aliphatic carbocycles. The topological polar surface area (TPSA) is 50.3 Å². The number of fused-ring (bicyclic) bond motifs is 1. The number of anilines is 3. The van der Waals surface area contributed by atoms with Crippen molar-refractivity contribution in [2.24, 2.45) is 0 Å². The normalized spacial score (nSPS) is 10.6. The van der Waals surface area contributed by atoms with Crippen molar-refractivity contribution in [2.75, 3.05) is 24.4 Å². The molecule has 0 fully saturated rings. The fourth-order valence-corrected chi connectivity index (χ4v) is 3.05. The Morgan fingerprint density at radius 3 is 2.32 bits per heavy atom. The zero-order chi connectivity index (χ0) is 19.3. The molecule has 5 nitrogen and oxygen atoms in total. The van der Waals surface area contributed by atoms with Crippen molar-refractivity contribution >= 4 is 28.4 Å². The first kappa shape index (κ1) is 17.8. The number of ether oxygens (including phenoxy) is 1. The van der Waals surface area contributed by atoms with Crippen LogP contribution in [0.5, 0.6) is 5.75 Å². The Hall–Kier alpha value is -3.60. The van der Waals surface area contributed by atoms with E-state index in [1.54, 1.807) is 7.11 Å². The van der Waals surface area contributed by atoms with Crippen LogP contribution in [-0.4, -0.2) is 24.1 Å². The van der Waals surface area contributed by atoms with Crippen LogP contribution in [0.15, 0.2) is 78.9 Å². The van der Waals surface area contributed by atoms with Gasteiger partial charge in [-0.25, -0.2) is 4.98 Å². The number of rotatable bonds is 6. The maximum atomic E-state index is 5.25. The van der Waals surface area contributed by atoms with Crippen LogP contribution >= 0.6 is 0 Å². The monoisotopic (exact) mass is 370 g/mol. The summed E-state index contributed by atoms with van der Waals surface area (Å²) >= 11 is 0. The number of para-hydroxylation sites is 1. The standard InChI is InChI=1S/C23H22N4O/c1-27(18-12-14-19(28-2)15-13-18)23-25-21-11-7-6-10-20(21)22(26-23)24-16-17-8-4-3-5-9-17/h3-15H,16H2,1-2H3,(H,24,25,26). The predicted octanol–water partition coefficient (Wildman–Crippen LogP) is 5.02. The summed E-state index contributed by atoms with van der Waals surface area (Å²) in [6.07, 6.45) is 0. The van der Waals surface area contributed by atoms with Crippen molar-refractivity contribution in [3.63, 3.8) is 0 Å². The summed E-state index contributed by atoms with van der Waals surface area (Å²) in [5.41, 5.74) is 3.10. The lowest BCUT2D eigenvalue weighted by Crippen LogP contribution is -2.14. The summed E-state index contributed by atoms with van der Waals surface area (Å²) in [6, 6.07) is 26.2. The van der Waals surface area contributed by atoms with E-state index in [0.29, 0.717) is 12.5 Å². The lowest BCUT2D eigenvalue weighted by atomic mass is 10.2. The molecule has 1 N–H and O–H groups in total. The van der Waals surface area contributed by atoms with Gasteiger partial charge in [-0.05, 0) is 42.0 Å². The lowest BCUT2D eigenvalue weighted by molar-refractivity contribution is 0.415. The minimum atomic E-state index is 0.638. The van der Waals surface area contributed by atoms with Crippen molar-refractivity contribution in [1.29, 1.82) is 0 Å². The summed E-state index contributed by atoms with van der Waals surface area (Å²) in [6.45, 7) is 0.702. The van der Waals surface area contributed by atoms with Gasteiger partial charge in [-0.1, -0.05) is 42.5 Å². The average Bonchev–Trinajstić information content (AvgIpc) is 2.77. The second-order valence-electron chi connectivity index (χ2n) is 6.49. The highest BCUT2D eigenvalue weighted by atomic mass is 16.5. The van der Waals surface area contributed by atoms with Gasteiger partial charge in [0.25, 0.3) is 0 Å². The Balaban J connectivity index is 1.68. The van der Waals surface area contributed by atoms with E-state index in [4.69, 9.17) is 14.7 Å². The molecule has 4 rings (SSSR count). The molecule has 5 heteroatoms. The van der Waals surface area contributed by atoms with Crippen LogP contribution in [-0.2, 0) is 6.54 Å². The third-order valence-corrected chi connectivity index (χ3v) is 4.65. The van der Waals surface area contributed by atoms with Gasteiger partial charge in [0.1, 0.15) is 11.6 Å². The molecule has 0 unspecified atom stereocenters. The van der Waals surface area contributed by atoms with Crippen LogP contribution in [0.3, 0.4) is 0 Å². The van der Waals surface area contributed by atoms with Crippen LogP contribution in [0.4, 0.5) is 17.5 Å². The molecule has 140 valence electrons. The van der Waals surface area contributed by atoms with Crippen LogP contribution in [0.1, 0.15) is 5.56 Å². The summed E-state index contributed by atoms with van der Waals surface area (Å²) in [7, 11) is 3.63. The number of nitrogens with zero attached hydrogens (tertiary/aromatic N) is 3. The molecule has 0 saturated carbocycles. The van der Waals surface area contributed by atoms with Crippen molar-refractivity contribution < 1.29 is 4.74 Å². The molecule has 0 spiro atoms. The van der Waals surface area contributed by atoms with Gasteiger partial charge in [0.15, 0.2) is 0 Å². The number of benzene rings is 3. The highest BCUT2D eigenvalue weighted by Gasteiger charge is 2.12. The first-order valence-corrected chi connectivity index (χ1v) is 9.17. The quantitative estimate of drug-likeness (QED) is 0.516. The van der Waals surface area contributed by atoms with Gasteiger partial charge >= 0.3 is 0 Å². The molecule has 0 aliphatic heterocycles. The van der Waals surface area contributed by atoms with E-state index in [-0.39, 0.29) is 0 Å². The molecule has 0 bridgehead atoms. The number of nitrogens with one attached hydrogen (secondary N) is 1. The van der Waals surface area contributed by atoms with Crippen LogP contribution in [0.25, 0.3) is 10.9 Å². The molecular formula is C23H22N4O. The van der Waals surface area contributed by atoms with Gasteiger partial charge < -0.3 is 15.0 Å². The highest BCUT2D eigenvalue weighted by molar-refractivity contribution is 5.90. The molecule has 1 aromatic heterocycles. The zero-order valence-electron chi connectivity index (χ0n) is 16.0. The molecule has 0 aliphatic rings. The maximum Gasteiger partial charge on any atom is 0.232 e. The Bertz CT molecular complexity index is 1060. The fraction of sp³-hybridized carbons (Fsp3) is 0.130. The number of hydrogen-bond acceptors (Lipinski definition) is 5. The van der Waals surface area contributed by atoms with Crippen molar-refractivity contribution in [2.45, 2.75) is 6.54 Å². The van der Waals surface area contributed by atoms with Gasteiger partial charge in [0, 0.05) is 24.7 Å². The number of methoxy groups -OCH3 is 1. The van der Waals surface area contributed by atoms with E-state index >= 15 is 0 Å². The van der Waals surface area contributed by atoms with Crippen LogP contribution < -0.4 is 15.0 Å². The summed E-state index contributed by atoms with van der Waals surface area (Å²) in [5, 5.41) is 4.48. The van der Waals surface area contributed by atoms with Crippen LogP contribution in [0.2, 0.25) is 0 Å². The minimum Gasteiger partial charge on any atom is -0.497 e. The van der Waals surface area contributed by atoms with Crippen molar-refractivity contribution in [1.82, 2.24) is 9.97 Å². The molecule has 0 saturated heterocycles. The van der Waals surface area contributed by atoms with Crippen molar-refractivity contribution in [3.05, 3.63) is 84.4 Å². The van der Waals surface area contributed by atoms with E-state index < -0.39 is 0 Å². The number of hydrogen-bond donors (Lipinski definition) is 1. The van der Waals surface area contributed by atoms with Gasteiger partial charge in [-0.3, -0.25) is 0 Å². The van der Waals surface area contributed by atoms with E-state index in [9.17, 15) is 0 Å². The molecule has 3 aromatic carbocycles. The molecule has 28 heavy (non-hydrogen) atoms. The second kappa shape index (κ2) is 7.96. The average molecular weight is 370 g/mol.